The molecule has 73 heavy (non-hydrogen) atoms. The van der Waals surface area contributed by atoms with E-state index in [4.69, 9.17) is 0 Å². The summed E-state index contributed by atoms with van der Waals surface area (Å²) >= 11 is 0. The van der Waals surface area contributed by atoms with E-state index in [1.807, 2.05) is 0 Å². The minimum Gasteiger partial charge on any atom is -0.445 e. The van der Waals surface area contributed by atoms with E-state index in [1.54, 1.807) is 0 Å². The molecule has 8 nitrogen and oxygen atoms in total. The van der Waals surface area contributed by atoms with Crippen LogP contribution in [0, 0.1) is 6.92 Å². The zero-order valence-electron chi connectivity index (χ0n) is 32.9. The van der Waals surface area contributed by atoms with E-state index in [1.165, 1.54) is 0 Å². The first-order chi connectivity index (χ1) is 31.6. The Kier molecular flexibility index (Phi) is 16.2. The monoisotopic (exact) mass is 1160 g/mol. The molecule has 0 unspecified atom stereocenters. The number of hydrogen-bond acceptors (Lipinski definition) is 7. The minimum absolute atomic E-state index is 0.0254. The van der Waals surface area contributed by atoms with Crippen molar-refractivity contribution in [2.24, 2.45) is 9.98 Å². The summed E-state index contributed by atoms with van der Waals surface area (Å²) in [5, 5.41) is 1.08. The second-order valence-corrected chi connectivity index (χ2v) is 13.7. The SMILES string of the molecule is CC(=O)OCNC(=O)c1c(C(F)(F)C(F)(F)C(F)(F)C(F)(F)C(F)(F)C(F)(F)C(F)(F)C(F)(F)C(F)(F)C(F)(F)C(F)(F)C(F)(F)C(F)(F)C(F)(F)C(F)(F)C(F)(F)C(F)(F)F)cc(N=C=O)c(N=C=O)c1C. The van der Waals surface area contributed by atoms with Gasteiger partial charge < -0.3 is 10.1 Å². The molecule has 0 atom stereocenters. The number of benzene rings is 1. The van der Waals surface area contributed by atoms with Crippen LogP contribution in [0.4, 0.5) is 165 Å². The van der Waals surface area contributed by atoms with E-state index in [2.05, 4.69) is 14.7 Å². The van der Waals surface area contributed by atoms with Crippen molar-refractivity contribution in [2.45, 2.75) is 115 Å². The quantitative estimate of drug-likeness (QED) is 0.0433. The van der Waals surface area contributed by atoms with E-state index < -0.39 is 154 Å². The van der Waals surface area contributed by atoms with Crippen molar-refractivity contribution in [3.63, 3.8) is 0 Å². The zero-order chi connectivity index (χ0) is 59.2. The largest absolute Gasteiger partial charge is 0.460 e. The number of nitrogens with zero attached hydrogens (tertiary/aromatic N) is 2. The number of carbonyl (C=O) groups is 2. The second kappa shape index (κ2) is 18.1. The number of isocyanates is 2. The topological polar surface area (TPSA) is 114 Å². The van der Waals surface area contributed by atoms with E-state index >= 15 is 17.6 Å². The fourth-order valence-electron chi connectivity index (χ4n) is 5.05. The van der Waals surface area contributed by atoms with Gasteiger partial charge >= 0.3 is 107 Å². The van der Waals surface area contributed by atoms with Gasteiger partial charge in [-0.15, -0.1) is 0 Å². The average molecular weight is 1160 g/mol. The lowest BCUT2D eigenvalue weighted by atomic mass is 9.81. The van der Waals surface area contributed by atoms with Gasteiger partial charge in [0.15, 0.2) is 6.73 Å². The number of carbonyl (C=O) groups excluding carboxylic acids is 4. The van der Waals surface area contributed by atoms with Gasteiger partial charge in [0.05, 0.1) is 5.56 Å². The first kappa shape index (κ1) is 65.5. The van der Waals surface area contributed by atoms with Crippen molar-refractivity contribution in [1.82, 2.24) is 5.32 Å². The summed E-state index contributed by atoms with van der Waals surface area (Å²) in [5.41, 5.74) is -11.5. The molecule has 0 spiro atoms. The Bertz CT molecular complexity index is 2390. The predicted octanol–water partition coefficient (Wildman–Crippen LogP) is 12.4. The molecule has 1 N–H and O–H groups in total. The molecule has 1 aromatic carbocycles. The molecule has 0 aromatic heterocycles. The molecular weight excluding hydrogens is 1150 g/mol. The Morgan fingerprint density at radius 3 is 0.959 bits per heavy atom. The molecule has 1 aromatic rings. The number of esters is 1. The van der Waals surface area contributed by atoms with Gasteiger partial charge in [0.2, 0.25) is 12.2 Å². The molecule has 0 saturated heterocycles. The van der Waals surface area contributed by atoms with Gasteiger partial charge in [-0.3, -0.25) is 9.59 Å². The Morgan fingerprint density at radius 1 is 0.452 bits per heavy atom. The van der Waals surface area contributed by atoms with Gasteiger partial charge in [0.1, 0.15) is 11.4 Å². The fraction of sp³-hybridized carbons (Fsp3) is 0.667. The number of alkyl halides is 35. The number of halogens is 35. The summed E-state index contributed by atoms with van der Waals surface area (Å²) in [5.74, 6) is -162. The summed E-state index contributed by atoms with van der Waals surface area (Å²) < 4.78 is 498. The van der Waals surface area contributed by atoms with Crippen molar-refractivity contribution in [3.05, 3.63) is 22.8 Å². The molecule has 0 aliphatic rings. The van der Waals surface area contributed by atoms with E-state index in [0.29, 0.717) is 13.0 Å². The molecule has 420 valence electrons. The molecule has 0 heterocycles. The minimum atomic E-state index is -10.5. The highest BCUT2D eigenvalue weighted by atomic mass is 19.4. The second-order valence-electron chi connectivity index (χ2n) is 13.7. The molecule has 0 aliphatic heterocycles. The molecule has 0 fully saturated rings. The molecular formula is C30H10F35N3O5. The van der Waals surface area contributed by atoms with Crippen LogP contribution in [0.1, 0.15) is 28.4 Å². The van der Waals surface area contributed by atoms with E-state index in [0.717, 1.165) is 5.32 Å². The zero-order valence-corrected chi connectivity index (χ0v) is 32.9. The van der Waals surface area contributed by atoms with Crippen LogP contribution in [0.2, 0.25) is 0 Å². The lowest BCUT2D eigenvalue weighted by molar-refractivity contribution is -0.492. The summed E-state index contributed by atoms with van der Waals surface area (Å²) in [6.45, 7) is -1.21. The van der Waals surface area contributed by atoms with Crippen molar-refractivity contribution < 1.29 is 178 Å². The van der Waals surface area contributed by atoms with Crippen LogP contribution >= 0.6 is 0 Å². The lowest BCUT2D eigenvalue weighted by Crippen LogP contribution is -2.80. The van der Waals surface area contributed by atoms with Crippen LogP contribution in [0.25, 0.3) is 0 Å². The van der Waals surface area contributed by atoms with Crippen molar-refractivity contribution in [3.8, 4) is 0 Å². The highest BCUT2D eigenvalue weighted by Gasteiger charge is 3.02. The molecule has 0 radical (unpaired) electrons. The van der Waals surface area contributed by atoms with Crippen LogP contribution in [0.5, 0.6) is 0 Å². The highest BCUT2D eigenvalue weighted by molar-refractivity contribution is 6.00. The molecule has 0 bridgehead atoms. The molecule has 0 aliphatic carbocycles. The number of rotatable bonds is 21. The Labute approximate surface area is 373 Å². The standard InChI is InChI=1S/C30H10F35N3O5/c1-7-11(13(72)68-6-73-8(2)71)9(3-10(66-4-69)12(7)67-5-70)14(31,32)15(33,34)16(35,36)17(37,38)18(39,40)19(41,42)20(43,44)21(45,46)22(47,48)23(49,50)24(51,52)25(53,54)26(55,56)27(57,58)28(59,60)29(61,62)30(63,64)65/h3H,6H2,1-2H3,(H,68,72). The van der Waals surface area contributed by atoms with Gasteiger partial charge in [-0.2, -0.15) is 164 Å². The van der Waals surface area contributed by atoms with Crippen molar-refractivity contribution in [2.75, 3.05) is 6.73 Å². The number of hydrogen-bond donors (Lipinski definition) is 1. The normalized spacial score (nSPS) is 15.4. The van der Waals surface area contributed by atoms with E-state index in [-0.39, 0.29) is 13.0 Å². The summed E-state index contributed by atoms with van der Waals surface area (Å²) in [6.07, 6.45) is -7.75. The maximum atomic E-state index is 15.6. The van der Waals surface area contributed by atoms with Gasteiger partial charge in [-0.05, 0) is 18.6 Å². The Morgan fingerprint density at radius 2 is 0.712 bits per heavy atom. The van der Waals surface area contributed by atoms with Gasteiger partial charge in [-0.1, -0.05) is 0 Å². The lowest BCUT2D eigenvalue weighted by Gasteiger charge is -2.47. The maximum Gasteiger partial charge on any atom is 0.460 e. The highest BCUT2D eigenvalue weighted by Crippen LogP contribution is 2.71. The molecule has 1 rings (SSSR count). The third-order valence-corrected chi connectivity index (χ3v) is 9.19. The number of ether oxygens (including phenoxy) is 1. The van der Waals surface area contributed by atoms with Crippen LogP contribution in [-0.2, 0) is 25.0 Å². The van der Waals surface area contributed by atoms with Crippen molar-refractivity contribution in [1.29, 1.82) is 0 Å². The predicted molar refractivity (Wildman–Crippen MR) is 155 cm³/mol. The van der Waals surface area contributed by atoms with Crippen LogP contribution in [0.3, 0.4) is 0 Å². The first-order valence-corrected chi connectivity index (χ1v) is 16.5. The Balaban J connectivity index is 4.32. The van der Waals surface area contributed by atoms with Crippen molar-refractivity contribution >= 4 is 35.4 Å². The molecule has 43 heteroatoms. The van der Waals surface area contributed by atoms with Crippen LogP contribution < -0.4 is 5.32 Å². The smallest absolute Gasteiger partial charge is 0.445 e. The first-order valence-electron chi connectivity index (χ1n) is 16.5. The maximum absolute atomic E-state index is 15.6. The average Bonchev–Trinajstić information content (AvgIpc) is 3.20. The summed E-state index contributed by atoms with van der Waals surface area (Å²) in [6, 6.07) is -1.15. The van der Waals surface area contributed by atoms with Crippen LogP contribution in [0.15, 0.2) is 16.1 Å². The third kappa shape index (κ3) is 8.48. The molecule has 0 saturated carbocycles. The van der Waals surface area contributed by atoms with Crippen LogP contribution in [-0.4, -0.2) is 126 Å². The van der Waals surface area contributed by atoms with E-state index in [9.17, 15) is 155 Å². The van der Waals surface area contributed by atoms with Gasteiger partial charge in [-0.25, -0.2) is 9.59 Å². The fourth-order valence-corrected chi connectivity index (χ4v) is 5.05. The van der Waals surface area contributed by atoms with Gasteiger partial charge in [0.25, 0.3) is 5.91 Å². The molecule has 1 amide bonds. The number of amides is 1. The Hall–Kier alpha value is -5.53. The number of nitrogens with one attached hydrogen (secondary N) is 1. The van der Waals surface area contributed by atoms with Gasteiger partial charge in [0, 0.05) is 12.5 Å². The third-order valence-electron chi connectivity index (χ3n) is 9.19. The summed E-state index contributed by atoms with van der Waals surface area (Å²) in [4.78, 5) is 50.1. The number of aliphatic imine (C=N–C) groups is 2. The summed E-state index contributed by atoms with van der Waals surface area (Å²) in [7, 11) is 0.